The van der Waals surface area contributed by atoms with E-state index < -0.39 is 8.32 Å². The number of rotatable bonds is 3. The van der Waals surface area contributed by atoms with E-state index in [1.807, 2.05) is 0 Å². The summed E-state index contributed by atoms with van der Waals surface area (Å²) in [6.07, 6.45) is 3.93. The van der Waals surface area contributed by atoms with Crippen molar-refractivity contribution in [2.45, 2.75) is 83.6 Å². The highest BCUT2D eigenvalue weighted by molar-refractivity contribution is 6.74. The lowest BCUT2D eigenvalue weighted by Crippen LogP contribution is -2.54. The summed E-state index contributed by atoms with van der Waals surface area (Å²) in [6, 6.07) is 0.600. The van der Waals surface area contributed by atoms with Crippen molar-refractivity contribution in [1.29, 1.82) is 0 Å². The Kier molecular flexibility index (Phi) is 4.73. The summed E-state index contributed by atoms with van der Waals surface area (Å²) >= 11 is 0. The molecule has 2 nitrogen and oxygen atoms in total. The molecular formula is C15H33NOSi. The van der Waals surface area contributed by atoms with Gasteiger partial charge in [0, 0.05) is 18.2 Å². The van der Waals surface area contributed by atoms with E-state index in [4.69, 9.17) is 4.43 Å². The Hall–Kier alpha value is 0.137. The second kappa shape index (κ2) is 5.26. The summed E-state index contributed by atoms with van der Waals surface area (Å²) in [5.74, 6) is 0. The van der Waals surface area contributed by atoms with Crippen LogP contribution in [0.5, 0.6) is 0 Å². The lowest BCUT2D eigenvalue weighted by atomic mass is 9.87. The van der Waals surface area contributed by atoms with Gasteiger partial charge in [0.1, 0.15) is 0 Å². The smallest absolute Gasteiger partial charge is 0.192 e. The summed E-state index contributed by atoms with van der Waals surface area (Å²) in [4.78, 5) is 2.53. The molecule has 0 bridgehead atoms. The van der Waals surface area contributed by atoms with Crippen molar-refractivity contribution in [2.75, 3.05) is 13.7 Å². The van der Waals surface area contributed by atoms with Crippen LogP contribution in [0.25, 0.3) is 0 Å². The maximum Gasteiger partial charge on any atom is 0.192 e. The molecule has 0 saturated carbocycles. The van der Waals surface area contributed by atoms with Gasteiger partial charge >= 0.3 is 0 Å². The van der Waals surface area contributed by atoms with E-state index in [9.17, 15) is 0 Å². The molecule has 1 saturated heterocycles. The van der Waals surface area contributed by atoms with Crippen LogP contribution in [0.15, 0.2) is 0 Å². The molecule has 0 spiro atoms. The van der Waals surface area contributed by atoms with Crippen molar-refractivity contribution in [3.63, 3.8) is 0 Å². The van der Waals surface area contributed by atoms with E-state index in [-0.39, 0.29) is 0 Å². The molecule has 1 rings (SSSR count). The van der Waals surface area contributed by atoms with Crippen molar-refractivity contribution >= 4 is 8.32 Å². The summed E-state index contributed by atoms with van der Waals surface area (Å²) in [7, 11) is 0.671. The third-order valence-corrected chi connectivity index (χ3v) is 9.77. The lowest BCUT2D eigenvalue weighted by molar-refractivity contribution is 0.0231. The van der Waals surface area contributed by atoms with Crippen molar-refractivity contribution in [3.05, 3.63) is 0 Å². The fourth-order valence-electron chi connectivity index (χ4n) is 2.35. The zero-order chi connectivity index (χ0) is 14.2. The zero-order valence-corrected chi connectivity index (χ0v) is 14.8. The second-order valence-corrected chi connectivity index (χ2v) is 12.9. The first-order chi connectivity index (χ1) is 7.97. The summed E-state index contributed by atoms with van der Waals surface area (Å²) in [5, 5.41) is 0.315. The van der Waals surface area contributed by atoms with Gasteiger partial charge in [-0.2, -0.15) is 0 Å². The van der Waals surface area contributed by atoms with Gasteiger partial charge in [0.05, 0.1) is 0 Å². The van der Waals surface area contributed by atoms with Crippen molar-refractivity contribution in [1.82, 2.24) is 4.90 Å². The van der Waals surface area contributed by atoms with E-state index in [2.05, 4.69) is 59.7 Å². The molecule has 0 aromatic heterocycles. The second-order valence-electron chi connectivity index (χ2n) is 8.04. The van der Waals surface area contributed by atoms with Gasteiger partial charge in [-0.05, 0) is 58.3 Å². The molecule has 108 valence electrons. The first-order valence-corrected chi connectivity index (χ1v) is 10.3. The molecule has 1 aliphatic rings. The molecule has 1 heterocycles. The van der Waals surface area contributed by atoms with Crippen molar-refractivity contribution < 1.29 is 4.43 Å². The van der Waals surface area contributed by atoms with Gasteiger partial charge in [-0.15, -0.1) is 0 Å². The first kappa shape index (κ1) is 16.2. The molecule has 0 aromatic carbocycles. The van der Waals surface area contributed by atoms with Crippen LogP contribution < -0.4 is 0 Å². The van der Waals surface area contributed by atoms with Gasteiger partial charge < -0.3 is 4.43 Å². The number of hydrogen-bond acceptors (Lipinski definition) is 2. The van der Waals surface area contributed by atoms with Gasteiger partial charge in [-0.25, -0.2) is 0 Å². The summed E-state index contributed by atoms with van der Waals surface area (Å²) in [6.45, 7) is 17.3. The molecule has 3 heteroatoms. The quantitative estimate of drug-likeness (QED) is 0.711. The normalized spacial score (nSPS) is 26.3. The standard InChI is InChI=1S/C15H33NOSi/c1-14(2,3)18(7,8)17-12-13-10-9-11-15(4,5)16(13)6/h13H,9-12H2,1-8H3/t13-/m1/s1. The predicted molar refractivity (Wildman–Crippen MR) is 82.6 cm³/mol. The minimum absolute atomic E-state index is 0.315. The van der Waals surface area contributed by atoms with Crippen LogP contribution in [-0.2, 0) is 4.43 Å². The Morgan fingerprint density at radius 2 is 1.83 bits per heavy atom. The van der Waals surface area contributed by atoms with Gasteiger partial charge in [-0.3, -0.25) is 4.90 Å². The molecule has 0 unspecified atom stereocenters. The highest BCUT2D eigenvalue weighted by atomic mass is 28.4. The van der Waals surface area contributed by atoms with Crippen LogP contribution in [0.3, 0.4) is 0 Å². The van der Waals surface area contributed by atoms with E-state index in [0.29, 0.717) is 16.6 Å². The van der Waals surface area contributed by atoms with E-state index in [0.717, 1.165) is 6.61 Å². The third-order valence-electron chi connectivity index (χ3n) is 5.27. The van der Waals surface area contributed by atoms with Crippen molar-refractivity contribution in [2.24, 2.45) is 0 Å². The monoisotopic (exact) mass is 271 g/mol. The lowest BCUT2D eigenvalue weighted by Gasteiger charge is -2.47. The molecular weight excluding hydrogens is 238 g/mol. The average Bonchev–Trinajstić information content (AvgIpc) is 2.18. The van der Waals surface area contributed by atoms with Crippen LogP contribution in [0.4, 0.5) is 0 Å². The number of likely N-dealkylation sites (tertiary alicyclic amines) is 1. The van der Waals surface area contributed by atoms with Crippen LogP contribution in [-0.4, -0.2) is 38.5 Å². The molecule has 18 heavy (non-hydrogen) atoms. The fraction of sp³-hybridized carbons (Fsp3) is 1.00. The Labute approximate surface area is 115 Å². The maximum atomic E-state index is 6.39. The molecule has 1 fully saturated rings. The molecule has 0 N–H and O–H groups in total. The topological polar surface area (TPSA) is 12.5 Å². The largest absolute Gasteiger partial charge is 0.415 e. The highest BCUT2D eigenvalue weighted by Gasteiger charge is 2.39. The third kappa shape index (κ3) is 3.58. The predicted octanol–water partition coefficient (Wildman–Crippen LogP) is 4.27. The number of nitrogens with zero attached hydrogens (tertiary/aromatic N) is 1. The Morgan fingerprint density at radius 3 is 2.33 bits per heavy atom. The number of likely N-dealkylation sites (N-methyl/N-ethyl adjacent to an activating group) is 1. The van der Waals surface area contributed by atoms with E-state index >= 15 is 0 Å². The highest BCUT2D eigenvalue weighted by Crippen LogP contribution is 2.37. The average molecular weight is 272 g/mol. The van der Waals surface area contributed by atoms with Crippen LogP contribution in [0.2, 0.25) is 18.1 Å². The first-order valence-electron chi connectivity index (χ1n) is 7.34. The van der Waals surface area contributed by atoms with E-state index in [1.165, 1.54) is 19.3 Å². The minimum atomic E-state index is -1.59. The Balaban J connectivity index is 2.59. The van der Waals surface area contributed by atoms with E-state index in [1.54, 1.807) is 0 Å². The van der Waals surface area contributed by atoms with Gasteiger partial charge in [0.25, 0.3) is 0 Å². The molecule has 0 aliphatic carbocycles. The molecule has 0 aromatic rings. The number of hydrogen-bond donors (Lipinski definition) is 0. The van der Waals surface area contributed by atoms with Gasteiger partial charge in [0.15, 0.2) is 8.32 Å². The minimum Gasteiger partial charge on any atom is -0.415 e. The Morgan fingerprint density at radius 1 is 1.28 bits per heavy atom. The Bertz CT molecular complexity index is 281. The fourth-order valence-corrected chi connectivity index (χ4v) is 3.39. The molecule has 0 amide bonds. The van der Waals surface area contributed by atoms with Gasteiger partial charge in [-0.1, -0.05) is 20.8 Å². The molecule has 0 radical (unpaired) electrons. The molecule has 1 aliphatic heterocycles. The van der Waals surface area contributed by atoms with Crippen LogP contribution >= 0.6 is 0 Å². The number of piperidine rings is 1. The SMILES string of the molecule is CN1[C@@H](CO[Si](C)(C)C(C)(C)C)CCCC1(C)C. The molecule has 1 atom stereocenters. The van der Waals surface area contributed by atoms with Crippen LogP contribution in [0, 0.1) is 0 Å². The summed E-state index contributed by atoms with van der Waals surface area (Å²) < 4.78 is 6.39. The van der Waals surface area contributed by atoms with Crippen molar-refractivity contribution in [3.8, 4) is 0 Å². The summed E-state index contributed by atoms with van der Waals surface area (Å²) in [5.41, 5.74) is 0.333. The van der Waals surface area contributed by atoms with Crippen LogP contribution in [0.1, 0.15) is 53.9 Å². The maximum absolute atomic E-state index is 6.39. The zero-order valence-electron chi connectivity index (χ0n) is 13.8. The van der Waals surface area contributed by atoms with Gasteiger partial charge in [0.2, 0.25) is 0 Å².